The van der Waals surface area contributed by atoms with Crippen molar-refractivity contribution in [3.05, 3.63) is 17.0 Å². The van der Waals surface area contributed by atoms with Crippen LogP contribution in [0.15, 0.2) is 0 Å². The van der Waals surface area contributed by atoms with Gasteiger partial charge >= 0.3 is 0 Å². The van der Waals surface area contributed by atoms with Crippen molar-refractivity contribution in [3.63, 3.8) is 0 Å². The average molecular weight is 291 g/mol. The van der Waals surface area contributed by atoms with E-state index in [9.17, 15) is 9.90 Å². The summed E-state index contributed by atoms with van der Waals surface area (Å²) in [5.41, 5.74) is 2.65. The second-order valence-corrected chi connectivity index (χ2v) is 6.44. The van der Waals surface area contributed by atoms with E-state index in [2.05, 4.69) is 15.1 Å². The third kappa shape index (κ3) is 2.98. The molecule has 1 amide bonds. The average Bonchev–Trinajstić information content (AvgIpc) is 2.85. The Balaban J connectivity index is 1.87. The molecule has 5 heteroatoms. The first-order valence-electron chi connectivity index (χ1n) is 8.17. The zero-order chi connectivity index (χ0) is 14.8. The van der Waals surface area contributed by atoms with Crippen molar-refractivity contribution in [2.24, 2.45) is 5.92 Å². The molecule has 0 aromatic carbocycles. The van der Waals surface area contributed by atoms with E-state index in [1.165, 1.54) is 37.8 Å². The Hall–Kier alpha value is -1.36. The highest BCUT2D eigenvalue weighted by Gasteiger charge is 2.28. The number of amides is 1. The first-order chi connectivity index (χ1) is 10.2. The van der Waals surface area contributed by atoms with Crippen molar-refractivity contribution in [3.8, 4) is 0 Å². The summed E-state index contributed by atoms with van der Waals surface area (Å²) in [5.74, 6) is 0.551. The lowest BCUT2D eigenvalue weighted by Gasteiger charge is -2.24. The number of nitrogens with one attached hydrogen (secondary N) is 1. The Bertz CT molecular complexity index is 518. The van der Waals surface area contributed by atoms with Crippen molar-refractivity contribution >= 4 is 5.91 Å². The number of aromatic nitrogens is 2. The zero-order valence-electron chi connectivity index (χ0n) is 12.8. The van der Waals surface area contributed by atoms with Crippen LogP contribution in [0.4, 0.5) is 0 Å². The maximum Gasteiger partial charge on any atom is 0.271 e. The standard InChI is InChI=1S/C16H25N3O2/c1-17-16(21)15-13-9-12(20)7-8-14(13)19(18-15)10-11-5-3-2-4-6-11/h11-12,20H,2-10H2,1H3,(H,17,21). The summed E-state index contributed by atoms with van der Waals surface area (Å²) in [5, 5.41) is 17.1. The van der Waals surface area contributed by atoms with Gasteiger partial charge in [0.25, 0.3) is 5.91 Å². The van der Waals surface area contributed by atoms with E-state index in [4.69, 9.17) is 0 Å². The fourth-order valence-corrected chi connectivity index (χ4v) is 3.74. The largest absolute Gasteiger partial charge is 0.393 e. The number of carbonyl (C=O) groups is 1. The fourth-order valence-electron chi connectivity index (χ4n) is 3.74. The predicted octanol–water partition coefficient (Wildman–Crippen LogP) is 1.67. The third-order valence-electron chi connectivity index (χ3n) is 4.92. The highest BCUT2D eigenvalue weighted by Crippen LogP contribution is 2.29. The number of aliphatic hydroxyl groups excluding tert-OH is 1. The molecule has 0 saturated heterocycles. The minimum Gasteiger partial charge on any atom is -0.393 e. The van der Waals surface area contributed by atoms with Crippen molar-refractivity contribution in [2.75, 3.05) is 7.05 Å². The lowest BCUT2D eigenvalue weighted by atomic mass is 9.89. The van der Waals surface area contributed by atoms with Crippen LogP contribution in [0.5, 0.6) is 0 Å². The molecule has 0 radical (unpaired) electrons. The lowest BCUT2D eigenvalue weighted by molar-refractivity contribution is 0.0955. The van der Waals surface area contributed by atoms with Gasteiger partial charge in [-0.05, 0) is 31.6 Å². The van der Waals surface area contributed by atoms with E-state index < -0.39 is 0 Å². The number of fused-ring (bicyclic) bond motifs is 1. The monoisotopic (exact) mass is 291 g/mol. The maximum absolute atomic E-state index is 12.0. The minimum absolute atomic E-state index is 0.136. The first kappa shape index (κ1) is 14.6. The molecule has 5 nitrogen and oxygen atoms in total. The molecule has 0 aliphatic heterocycles. The smallest absolute Gasteiger partial charge is 0.271 e. The van der Waals surface area contributed by atoms with Crippen LogP contribution in [0, 0.1) is 5.92 Å². The van der Waals surface area contributed by atoms with E-state index in [1.54, 1.807) is 7.05 Å². The Morgan fingerprint density at radius 3 is 2.81 bits per heavy atom. The molecule has 1 aromatic heterocycles. The van der Waals surface area contributed by atoms with Gasteiger partial charge in [-0.1, -0.05) is 19.3 Å². The molecule has 0 bridgehead atoms. The molecular weight excluding hydrogens is 266 g/mol. The molecule has 1 atom stereocenters. The topological polar surface area (TPSA) is 67.2 Å². The third-order valence-corrected chi connectivity index (χ3v) is 4.92. The second kappa shape index (κ2) is 6.18. The van der Waals surface area contributed by atoms with E-state index in [-0.39, 0.29) is 12.0 Å². The summed E-state index contributed by atoms with van der Waals surface area (Å²) < 4.78 is 2.06. The van der Waals surface area contributed by atoms with Gasteiger partial charge < -0.3 is 10.4 Å². The van der Waals surface area contributed by atoms with Crippen LogP contribution in [0.25, 0.3) is 0 Å². The Morgan fingerprint density at radius 2 is 2.10 bits per heavy atom. The Morgan fingerprint density at radius 1 is 1.33 bits per heavy atom. The molecule has 0 spiro atoms. The van der Waals surface area contributed by atoms with Crippen LogP contribution in [0.1, 0.15) is 60.3 Å². The summed E-state index contributed by atoms with van der Waals surface area (Å²) in [4.78, 5) is 12.0. The fraction of sp³-hybridized carbons (Fsp3) is 0.750. The SMILES string of the molecule is CNC(=O)c1nn(CC2CCCCC2)c2c1CC(O)CC2. The Labute approximate surface area is 125 Å². The summed E-state index contributed by atoms with van der Waals surface area (Å²) in [6, 6.07) is 0. The van der Waals surface area contributed by atoms with E-state index in [0.29, 0.717) is 18.0 Å². The lowest BCUT2D eigenvalue weighted by Crippen LogP contribution is -2.24. The molecule has 1 heterocycles. The zero-order valence-corrected chi connectivity index (χ0v) is 12.8. The number of nitrogens with zero attached hydrogens (tertiary/aromatic N) is 2. The summed E-state index contributed by atoms with van der Waals surface area (Å²) in [7, 11) is 1.63. The van der Waals surface area contributed by atoms with Gasteiger partial charge in [0, 0.05) is 31.3 Å². The molecule has 1 aromatic rings. The summed E-state index contributed by atoms with van der Waals surface area (Å²) in [6.07, 6.45) is 8.34. The van der Waals surface area contributed by atoms with Crippen molar-refractivity contribution in [2.45, 2.75) is 64.0 Å². The van der Waals surface area contributed by atoms with Gasteiger partial charge in [0.15, 0.2) is 5.69 Å². The molecule has 3 rings (SSSR count). The van der Waals surface area contributed by atoms with Gasteiger partial charge in [0.2, 0.25) is 0 Å². The van der Waals surface area contributed by atoms with Crippen LogP contribution < -0.4 is 5.32 Å². The number of hydrogen-bond donors (Lipinski definition) is 2. The number of rotatable bonds is 3. The van der Waals surface area contributed by atoms with Gasteiger partial charge in [-0.25, -0.2) is 0 Å². The molecule has 1 fully saturated rings. The minimum atomic E-state index is -0.340. The molecule has 116 valence electrons. The number of hydrogen-bond acceptors (Lipinski definition) is 3. The summed E-state index contributed by atoms with van der Waals surface area (Å²) >= 11 is 0. The van der Waals surface area contributed by atoms with Crippen LogP contribution in [0.2, 0.25) is 0 Å². The van der Waals surface area contributed by atoms with Crippen LogP contribution in [-0.2, 0) is 19.4 Å². The van der Waals surface area contributed by atoms with Crippen molar-refractivity contribution in [1.82, 2.24) is 15.1 Å². The molecule has 2 aliphatic rings. The highest BCUT2D eigenvalue weighted by molar-refractivity contribution is 5.93. The van der Waals surface area contributed by atoms with Gasteiger partial charge in [-0.3, -0.25) is 9.48 Å². The number of carbonyl (C=O) groups excluding carboxylic acids is 1. The molecular formula is C16H25N3O2. The predicted molar refractivity (Wildman–Crippen MR) is 80.2 cm³/mol. The van der Waals surface area contributed by atoms with Crippen molar-refractivity contribution < 1.29 is 9.90 Å². The maximum atomic E-state index is 12.0. The van der Waals surface area contributed by atoms with E-state index in [1.807, 2.05) is 0 Å². The molecule has 1 saturated carbocycles. The van der Waals surface area contributed by atoms with Crippen molar-refractivity contribution in [1.29, 1.82) is 0 Å². The van der Waals surface area contributed by atoms with Gasteiger partial charge in [0.1, 0.15) is 0 Å². The number of aliphatic hydroxyl groups is 1. The highest BCUT2D eigenvalue weighted by atomic mass is 16.3. The van der Waals surface area contributed by atoms with E-state index in [0.717, 1.165) is 24.9 Å². The molecule has 2 N–H and O–H groups in total. The normalized spacial score (nSPS) is 22.9. The van der Waals surface area contributed by atoms with Gasteiger partial charge in [0.05, 0.1) is 6.10 Å². The molecule has 21 heavy (non-hydrogen) atoms. The molecule has 2 aliphatic carbocycles. The Kier molecular flexibility index (Phi) is 4.29. The molecule has 1 unspecified atom stereocenters. The summed E-state index contributed by atoms with van der Waals surface area (Å²) in [6.45, 7) is 0.926. The second-order valence-electron chi connectivity index (χ2n) is 6.44. The quantitative estimate of drug-likeness (QED) is 0.890. The van der Waals surface area contributed by atoms with Crippen LogP contribution in [-0.4, -0.2) is 33.9 Å². The van der Waals surface area contributed by atoms with Gasteiger partial charge in [-0.2, -0.15) is 5.10 Å². The van der Waals surface area contributed by atoms with E-state index >= 15 is 0 Å². The van der Waals surface area contributed by atoms with Crippen LogP contribution >= 0.6 is 0 Å². The van der Waals surface area contributed by atoms with Gasteiger partial charge in [-0.15, -0.1) is 0 Å². The van der Waals surface area contributed by atoms with Crippen LogP contribution in [0.3, 0.4) is 0 Å². The first-order valence-corrected chi connectivity index (χ1v) is 8.17.